The van der Waals surface area contributed by atoms with E-state index < -0.39 is 12.2 Å². The van der Waals surface area contributed by atoms with Crippen molar-refractivity contribution in [3.63, 3.8) is 0 Å². The van der Waals surface area contributed by atoms with Crippen LogP contribution >= 0.6 is 0 Å². The second-order valence-electron chi connectivity index (χ2n) is 6.82. The largest absolute Gasteiger partial charge is 0.388 e. The van der Waals surface area contributed by atoms with Gasteiger partial charge in [0.25, 0.3) is 0 Å². The summed E-state index contributed by atoms with van der Waals surface area (Å²) in [6.07, 6.45) is 0.875. The lowest BCUT2D eigenvalue weighted by Crippen LogP contribution is -2.37. The molecule has 1 aromatic carbocycles. The number of aromatic nitrogens is 2. The number of nitrogens with zero attached hydrogens (tertiary/aromatic N) is 2. The SMILES string of the molecule is CCO[C@@H]1c2ccn3c(C)c(COC)nc3c2N[C@H](c2ccccc2)[C@H]1O. The van der Waals surface area contributed by atoms with E-state index in [0.29, 0.717) is 13.2 Å². The average Bonchev–Trinajstić information content (AvgIpc) is 3.01. The zero-order chi connectivity index (χ0) is 19.0. The van der Waals surface area contributed by atoms with E-state index in [0.717, 1.165) is 33.8 Å². The molecule has 1 aliphatic heterocycles. The number of methoxy groups -OCH3 is 1. The number of pyridine rings is 1. The van der Waals surface area contributed by atoms with Gasteiger partial charge in [-0.2, -0.15) is 0 Å². The highest BCUT2D eigenvalue weighted by molar-refractivity contribution is 5.75. The van der Waals surface area contributed by atoms with E-state index in [2.05, 4.69) is 9.72 Å². The molecule has 3 atom stereocenters. The molecule has 0 saturated carbocycles. The first-order valence-electron chi connectivity index (χ1n) is 9.26. The summed E-state index contributed by atoms with van der Waals surface area (Å²) >= 11 is 0. The molecule has 0 radical (unpaired) electrons. The fourth-order valence-corrected chi connectivity index (χ4v) is 3.85. The molecule has 0 spiro atoms. The number of aliphatic hydroxyl groups excluding tert-OH is 1. The van der Waals surface area contributed by atoms with Crippen molar-refractivity contribution >= 4 is 11.3 Å². The van der Waals surface area contributed by atoms with Crippen molar-refractivity contribution in [2.45, 2.75) is 38.7 Å². The number of ether oxygens (including phenoxy) is 2. The summed E-state index contributed by atoms with van der Waals surface area (Å²) in [6, 6.07) is 11.7. The van der Waals surface area contributed by atoms with Crippen LogP contribution < -0.4 is 5.32 Å². The fourth-order valence-electron chi connectivity index (χ4n) is 3.85. The van der Waals surface area contributed by atoms with Crippen molar-refractivity contribution in [2.24, 2.45) is 0 Å². The first-order valence-corrected chi connectivity index (χ1v) is 9.26. The van der Waals surface area contributed by atoms with Gasteiger partial charge in [-0.3, -0.25) is 0 Å². The number of nitrogens with one attached hydrogen (secondary N) is 1. The number of aliphatic hydroxyl groups is 1. The van der Waals surface area contributed by atoms with Crippen LogP contribution in [0.4, 0.5) is 5.69 Å². The molecule has 3 aromatic rings. The third-order valence-corrected chi connectivity index (χ3v) is 5.21. The van der Waals surface area contributed by atoms with Gasteiger partial charge in [0.05, 0.1) is 24.0 Å². The monoisotopic (exact) mass is 367 g/mol. The molecule has 6 heteroatoms. The van der Waals surface area contributed by atoms with E-state index in [1.807, 2.05) is 56.4 Å². The van der Waals surface area contributed by atoms with E-state index in [1.165, 1.54) is 0 Å². The van der Waals surface area contributed by atoms with Crippen molar-refractivity contribution in [3.05, 3.63) is 65.1 Å². The molecule has 3 heterocycles. The minimum Gasteiger partial charge on any atom is -0.388 e. The Labute approximate surface area is 158 Å². The Morgan fingerprint density at radius 2 is 2.00 bits per heavy atom. The van der Waals surface area contributed by atoms with E-state index in [4.69, 9.17) is 14.5 Å². The summed E-state index contributed by atoms with van der Waals surface area (Å²) in [4.78, 5) is 4.80. The summed E-state index contributed by atoms with van der Waals surface area (Å²) < 4.78 is 13.3. The standard InChI is InChI=1S/C21H25N3O3/c1-4-27-20-15-10-11-24-13(2)16(12-26-3)22-21(24)18(15)23-17(19(20)25)14-8-6-5-7-9-14/h5-11,17,19-20,23,25H,4,12H2,1-3H3/t17-,19-,20-/m1/s1. The molecule has 0 amide bonds. The maximum absolute atomic E-state index is 11.0. The number of hydrogen-bond donors (Lipinski definition) is 2. The Morgan fingerprint density at radius 3 is 2.70 bits per heavy atom. The summed E-state index contributed by atoms with van der Waals surface area (Å²) in [7, 11) is 1.67. The average molecular weight is 367 g/mol. The first kappa shape index (κ1) is 18.0. The van der Waals surface area contributed by atoms with Gasteiger partial charge < -0.3 is 24.3 Å². The summed E-state index contributed by atoms with van der Waals surface area (Å²) in [5.74, 6) is 0. The van der Waals surface area contributed by atoms with Gasteiger partial charge in [-0.05, 0) is 25.5 Å². The van der Waals surface area contributed by atoms with E-state index in [-0.39, 0.29) is 6.04 Å². The quantitative estimate of drug-likeness (QED) is 0.723. The Balaban J connectivity index is 1.88. The molecule has 27 heavy (non-hydrogen) atoms. The number of benzene rings is 1. The molecule has 4 rings (SSSR count). The Kier molecular flexibility index (Phi) is 4.86. The lowest BCUT2D eigenvalue weighted by Gasteiger charge is -2.37. The molecule has 0 saturated heterocycles. The van der Waals surface area contributed by atoms with E-state index in [9.17, 15) is 5.11 Å². The highest BCUT2D eigenvalue weighted by atomic mass is 16.5. The highest BCUT2D eigenvalue weighted by Crippen LogP contribution is 2.43. The third-order valence-electron chi connectivity index (χ3n) is 5.21. The first-order chi connectivity index (χ1) is 13.2. The van der Waals surface area contributed by atoms with Crippen LogP contribution in [-0.2, 0) is 16.1 Å². The number of rotatable bonds is 5. The molecule has 142 valence electrons. The van der Waals surface area contributed by atoms with Gasteiger partial charge in [0.2, 0.25) is 0 Å². The molecule has 2 N–H and O–H groups in total. The second kappa shape index (κ2) is 7.31. The van der Waals surface area contributed by atoms with Gasteiger partial charge >= 0.3 is 0 Å². The van der Waals surface area contributed by atoms with Crippen molar-refractivity contribution in [1.82, 2.24) is 9.38 Å². The third kappa shape index (κ3) is 3.00. The van der Waals surface area contributed by atoms with E-state index >= 15 is 0 Å². The predicted octanol–water partition coefficient (Wildman–Crippen LogP) is 3.39. The lowest BCUT2D eigenvalue weighted by atomic mass is 9.89. The van der Waals surface area contributed by atoms with Crippen LogP contribution in [0.25, 0.3) is 5.65 Å². The molecule has 2 aromatic heterocycles. The molecule has 1 aliphatic rings. The second-order valence-corrected chi connectivity index (χ2v) is 6.82. The fraction of sp³-hybridized carbons (Fsp3) is 0.381. The number of anilines is 1. The van der Waals surface area contributed by atoms with Gasteiger partial charge in [-0.25, -0.2) is 4.98 Å². The maximum Gasteiger partial charge on any atom is 0.161 e. The maximum atomic E-state index is 11.0. The lowest BCUT2D eigenvalue weighted by molar-refractivity contribution is -0.0462. The van der Waals surface area contributed by atoms with Crippen molar-refractivity contribution < 1.29 is 14.6 Å². The van der Waals surface area contributed by atoms with Crippen LogP contribution in [0.2, 0.25) is 0 Å². The molecule has 6 nitrogen and oxygen atoms in total. The zero-order valence-electron chi connectivity index (χ0n) is 15.8. The zero-order valence-corrected chi connectivity index (χ0v) is 15.8. The number of imidazole rings is 1. The van der Waals surface area contributed by atoms with Crippen LogP contribution in [0.5, 0.6) is 0 Å². The van der Waals surface area contributed by atoms with Gasteiger partial charge in [-0.1, -0.05) is 30.3 Å². The topological polar surface area (TPSA) is 68.0 Å². The van der Waals surface area contributed by atoms with Crippen LogP contribution in [0, 0.1) is 6.92 Å². The summed E-state index contributed by atoms with van der Waals surface area (Å²) in [6.45, 7) is 4.96. The normalized spacial score (nSPS) is 21.9. The minimum atomic E-state index is -0.697. The molecule has 0 unspecified atom stereocenters. The number of hydrogen-bond acceptors (Lipinski definition) is 5. The Bertz CT molecular complexity index is 939. The van der Waals surface area contributed by atoms with Crippen LogP contribution in [0.1, 0.15) is 41.6 Å². The predicted molar refractivity (Wildman–Crippen MR) is 104 cm³/mol. The van der Waals surface area contributed by atoms with Crippen LogP contribution in [-0.4, -0.2) is 34.3 Å². The van der Waals surface area contributed by atoms with Gasteiger partial charge in [0.15, 0.2) is 5.65 Å². The Morgan fingerprint density at radius 1 is 1.22 bits per heavy atom. The van der Waals surface area contributed by atoms with E-state index in [1.54, 1.807) is 7.11 Å². The van der Waals surface area contributed by atoms with Gasteiger partial charge in [-0.15, -0.1) is 0 Å². The van der Waals surface area contributed by atoms with Crippen molar-refractivity contribution in [1.29, 1.82) is 0 Å². The Hall–Kier alpha value is -2.41. The molecule has 0 bridgehead atoms. The van der Waals surface area contributed by atoms with Crippen LogP contribution in [0.3, 0.4) is 0 Å². The summed E-state index contributed by atoms with van der Waals surface area (Å²) in [5, 5.41) is 14.6. The molecular formula is C21H25N3O3. The molecular weight excluding hydrogens is 342 g/mol. The minimum absolute atomic E-state index is 0.274. The molecule has 0 fully saturated rings. The van der Waals surface area contributed by atoms with Crippen molar-refractivity contribution in [2.75, 3.05) is 19.0 Å². The van der Waals surface area contributed by atoms with Crippen molar-refractivity contribution in [3.8, 4) is 0 Å². The highest BCUT2D eigenvalue weighted by Gasteiger charge is 2.38. The van der Waals surface area contributed by atoms with Gasteiger partial charge in [0, 0.05) is 31.2 Å². The summed E-state index contributed by atoms with van der Waals surface area (Å²) in [5.41, 5.74) is 5.63. The molecule has 0 aliphatic carbocycles. The van der Waals surface area contributed by atoms with Crippen LogP contribution in [0.15, 0.2) is 42.6 Å². The number of aryl methyl sites for hydroxylation is 1. The smallest absolute Gasteiger partial charge is 0.161 e. The number of fused-ring (bicyclic) bond motifs is 3. The van der Waals surface area contributed by atoms with Gasteiger partial charge in [0.1, 0.15) is 12.2 Å².